The quantitative estimate of drug-likeness (QED) is 0.853. The summed E-state index contributed by atoms with van der Waals surface area (Å²) in [6.45, 7) is 2.96. The third kappa shape index (κ3) is 3.07. The van der Waals surface area contributed by atoms with Gasteiger partial charge in [-0.1, -0.05) is 18.2 Å². The minimum atomic E-state index is 0.0760. The molecule has 0 saturated carbocycles. The molecule has 2 aromatic rings. The summed E-state index contributed by atoms with van der Waals surface area (Å²) < 4.78 is 0. The number of pyridine rings is 1. The molecule has 0 bridgehead atoms. The van der Waals surface area contributed by atoms with Gasteiger partial charge < -0.3 is 14.7 Å². The van der Waals surface area contributed by atoms with Crippen molar-refractivity contribution in [2.24, 2.45) is 0 Å². The molecular formula is C21H26N4O. The van der Waals surface area contributed by atoms with Gasteiger partial charge in [0.1, 0.15) is 5.82 Å². The first kappa shape index (κ1) is 17.0. The largest absolute Gasteiger partial charge is 0.339 e. The molecule has 0 aliphatic carbocycles. The van der Waals surface area contributed by atoms with E-state index >= 15 is 0 Å². The molecule has 136 valence electrons. The van der Waals surface area contributed by atoms with Crippen LogP contribution in [-0.4, -0.2) is 60.5 Å². The van der Waals surface area contributed by atoms with Gasteiger partial charge in [0, 0.05) is 31.5 Å². The Bertz CT molecular complexity index is 798. The number of para-hydroxylation sites is 1. The highest BCUT2D eigenvalue weighted by Gasteiger charge is 2.29. The van der Waals surface area contributed by atoms with Crippen LogP contribution in [0.3, 0.4) is 0 Å². The summed E-state index contributed by atoms with van der Waals surface area (Å²) >= 11 is 0. The van der Waals surface area contributed by atoms with E-state index in [1.807, 2.05) is 30.1 Å². The Morgan fingerprint density at radius 2 is 1.88 bits per heavy atom. The molecule has 0 unspecified atom stereocenters. The second-order valence-electron chi connectivity index (χ2n) is 7.36. The number of amides is 1. The monoisotopic (exact) mass is 350 g/mol. The number of nitrogens with zero attached hydrogens (tertiary/aromatic N) is 4. The summed E-state index contributed by atoms with van der Waals surface area (Å²) in [7, 11) is 4.08. The van der Waals surface area contributed by atoms with Gasteiger partial charge in [-0.05, 0) is 63.2 Å². The molecule has 2 aliphatic rings. The van der Waals surface area contributed by atoms with Crippen molar-refractivity contribution in [3.05, 3.63) is 53.7 Å². The van der Waals surface area contributed by atoms with Crippen molar-refractivity contribution in [1.82, 2.24) is 14.8 Å². The lowest BCUT2D eigenvalue weighted by Gasteiger charge is -2.35. The van der Waals surface area contributed by atoms with Crippen LogP contribution < -0.4 is 4.90 Å². The van der Waals surface area contributed by atoms with Crippen molar-refractivity contribution in [2.45, 2.75) is 25.3 Å². The highest BCUT2D eigenvalue weighted by atomic mass is 16.2. The predicted octanol–water partition coefficient (Wildman–Crippen LogP) is 2.94. The van der Waals surface area contributed by atoms with Gasteiger partial charge in [-0.2, -0.15) is 0 Å². The molecule has 3 heterocycles. The van der Waals surface area contributed by atoms with Crippen LogP contribution in [0.1, 0.15) is 28.8 Å². The maximum Gasteiger partial charge on any atom is 0.257 e. The molecule has 5 nitrogen and oxygen atoms in total. The molecule has 1 aromatic carbocycles. The van der Waals surface area contributed by atoms with Crippen LogP contribution >= 0.6 is 0 Å². The van der Waals surface area contributed by atoms with E-state index in [0.29, 0.717) is 11.6 Å². The van der Waals surface area contributed by atoms with Crippen LogP contribution in [0.15, 0.2) is 42.6 Å². The summed E-state index contributed by atoms with van der Waals surface area (Å²) in [5.74, 6) is 0.856. The molecular weight excluding hydrogens is 324 g/mol. The average Bonchev–Trinajstić information content (AvgIpc) is 3.11. The first-order chi connectivity index (χ1) is 12.6. The zero-order chi connectivity index (χ0) is 18.1. The highest BCUT2D eigenvalue weighted by molar-refractivity contribution is 6.00. The number of hydrogen-bond donors (Lipinski definition) is 0. The van der Waals surface area contributed by atoms with E-state index in [-0.39, 0.29) is 5.91 Å². The number of piperidine rings is 1. The SMILES string of the molecule is CN1CCC(N(C)C(=O)c2cccnc2N2CCc3ccccc32)CC1. The van der Waals surface area contributed by atoms with Gasteiger partial charge >= 0.3 is 0 Å². The van der Waals surface area contributed by atoms with E-state index in [1.54, 1.807) is 6.20 Å². The number of benzene rings is 1. The fourth-order valence-corrected chi connectivity index (χ4v) is 4.08. The maximum absolute atomic E-state index is 13.3. The second kappa shape index (κ2) is 7.08. The van der Waals surface area contributed by atoms with E-state index in [4.69, 9.17) is 0 Å². The predicted molar refractivity (Wildman–Crippen MR) is 104 cm³/mol. The smallest absolute Gasteiger partial charge is 0.257 e. The molecule has 0 N–H and O–H groups in total. The van der Waals surface area contributed by atoms with Crippen molar-refractivity contribution in [3.8, 4) is 0 Å². The van der Waals surface area contributed by atoms with Gasteiger partial charge in [-0.3, -0.25) is 4.79 Å². The number of aromatic nitrogens is 1. The molecule has 0 radical (unpaired) electrons. The van der Waals surface area contributed by atoms with Crippen LogP contribution in [0.4, 0.5) is 11.5 Å². The summed E-state index contributed by atoms with van der Waals surface area (Å²) in [6, 6.07) is 12.5. The van der Waals surface area contributed by atoms with Gasteiger partial charge in [0.2, 0.25) is 0 Å². The highest BCUT2D eigenvalue weighted by Crippen LogP contribution is 2.35. The topological polar surface area (TPSA) is 39.7 Å². The Hall–Kier alpha value is -2.40. The lowest BCUT2D eigenvalue weighted by Crippen LogP contribution is -2.44. The summed E-state index contributed by atoms with van der Waals surface area (Å²) in [4.78, 5) is 24.3. The van der Waals surface area contributed by atoms with Crippen molar-refractivity contribution in [1.29, 1.82) is 0 Å². The molecule has 1 amide bonds. The zero-order valence-corrected chi connectivity index (χ0v) is 15.6. The van der Waals surface area contributed by atoms with E-state index < -0.39 is 0 Å². The van der Waals surface area contributed by atoms with Gasteiger partial charge in [-0.25, -0.2) is 4.98 Å². The number of hydrogen-bond acceptors (Lipinski definition) is 4. The average molecular weight is 350 g/mol. The van der Waals surface area contributed by atoms with Crippen molar-refractivity contribution in [3.63, 3.8) is 0 Å². The van der Waals surface area contributed by atoms with E-state index in [9.17, 15) is 4.79 Å². The van der Waals surface area contributed by atoms with Crippen molar-refractivity contribution < 1.29 is 4.79 Å². The number of anilines is 2. The Labute approximate surface area is 155 Å². The zero-order valence-electron chi connectivity index (χ0n) is 15.6. The van der Waals surface area contributed by atoms with Gasteiger partial charge in [0.25, 0.3) is 5.91 Å². The van der Waals surface area contributed by atoms with E-state index in [0.717, 1.165) is 44.7 Å². The Morgan fingerprint density at radius 3 is 2.69 bits per heavy atom. The minimum Gasteiger partial charge on any atom is -0.339 e. The summed E-state index contributed by atoms with van der Waals surface area (Å²) in [6.07, 6.45) is 4.83. The van der Waals surface area contributed by atoms with E-state index in [1.165, 1.54) is 11.3 Å². The number of carbonyl (C=O) groups excluding carboxylic acids is 1. The molecule has 5 heteroatoms. The first-order valence-corrected chi connectivity index (χ1v) is 9.41. The summed E-state index contributed by atoms with van der Waals surface area (Å²) in [5.41, 5.74) is 3.19. The number of carbonyl (C=O) groups is 1. The lowest BCUT2D eigenvalue weighted by molar-refractivity contribution is 0.0660. The van der Waals surface area contributed by atoms with Gasteiger partial charge in [0.15, 0.2) is 0 Å². The standard InChI is InChI=1S/C21H26N4O/c1-23-13-10-17(11-14-23)24(2)21(26)18-7-5-12-22-20(18)25-15-9-16-6-3-4-8-19(16)25/h3-8,12,17H,9-11,13-15H2,1-2H3. The molecule has 1 saturated heterocycles. The molecule has 0 spiro atoms. The fourth-order valence-electron chi connectivity index (χ4n) is 4.08. The second-order valence-corrected chi connectivity index (χ2v) is 7.36. The van der Waals surface area contributed by atoms with Crippen LogP contribution in [0, 0.1) is 0 Å². The van der Waals surface area contributed by atoms with Crippen molar-refractivity contribution in [2.75, 3.05) is 38.6 Å². The van der Waals surface area contributed by atoms with Crippen LogP contribution in [-0.2, 0) is 6.42 Å². The Kier molecular flexibility index (Phi) is 4.64. The minimum absolute atomic E-state index is 0.0760. The molecule has 0 atom stereocenters. The van der Waals surface area contributed by atoms with Crippen LogP contribution in [0.5, 0.6) is 0 Å². The fraction of sp³-hybridized carbons (Fsp3) is 0.429. The lowest BCUT2D eigenvalue weighted by atomic mass is 10.0. The molecule has 1 fully saturated rings. The Morgan fingerprint density at radius 1 is 1.12 bits per heavy atom. The van der Waals surface area contributed by atoms with Crippen molar-refractivity contribution >= 4 is 17.4 Å². The molecule has 4 rings (SSSR count). The summed E-state index contributed by atoms with van der Waals surface area (Å²) in [5, 5.41) is 0. The third-order valence-electron chi connectivity index (χ3n) is 5.72. The Balaban J connectivity index is 1.61. The van der Waals surface area contributed by atoms with Crippen LogP contribution in [0.2, 0.25) is 0 Å². The molecule has 2 aliphatic heterocycles. The normalized spacial score (nSPS) is 18.0. The molecule has 26 heavy (non-hydrogen) atoms. The molecule has 1 aromatic heterocycles. The van der Waals surface area contributed by atoms with E-state index in [2.05, 4.69) is 40.0 Å². The van der Waals surface area contributed by atoms with Gasteiger partial charge in [-0.15, -0.1) is 0 Å². The van der Waals surface area contributed by atoms with Gasteiger partial charge in [0.05, 0.1) is 5.56 Å². The maximum atomic E-state index is 13.3. The van der Waals surface area contributed by atoms with Crippen LogP contribution in [0.25, 0.3) is 0 Å². The number of rotatable bonds is 3. The number of fused-ring (bicyclic) bond motifs is 1. The third-order valence-corrected chi connectivity index (χ3v) is 5.72. The number of likely N-dealkylation sites (tertiary alicyclic amines) is 1. The first-order valence-electron chi connectivity index (χ1n) is 9.41.